The summed E-state index contributed by atoms with van der Waals surface area (Å²) in [5.74, 6) is 0.611. The summed E-state index contributed by atoms with van der Waals surface area (Å²) in [6.45, 7) is 0. The van der Waals surface area contributed by atoms with Crippen LogP contribution in [0.25, 0.3) is 10.8 Å². The second-order valence-electron chi connectivity index (χ2n) is 4.11. The highest BCUT2D eigenvalue weighted by molar-refractivity contribution is 5.83. The summed E-state index contributed by atoms with van der Waals surface area (Å²) in [5, 5.41) is 2.63. The maximum atomic E-state index is 5.84. The number of benzene rings is 2. The minimum absolute atomic E-state index is 0.399. The van der Waals surface area contributed by atoms with Crippen molar-refractivity contribution in [2.24, 2.45) is 5.73 Å². The molecule has 1 aliphatic carbocycles. The molecule has 1 heteroatoms. The molecular weight excluding hydrogens is 170 g/mol. The smallest absolute Gasteiger partial charge is 0.0115 e. The van der Waals surface area contributed by atoms with Gasteiger partial charge in [0.15, 0.2) is 0 Å². The Morgan fingerprint density at radius 2 is 1.71 bits per heavy atom. The highest BCUT2D eigenvalue weighted by Crippen LogP contribution is 2.39. The standard InChI is InChI=1S/C13H13N/c14-13-8-12(13)11-6-5-9-3-1-2-4-10(9)7-11/h1-7,12-13H,8,14H2/t12-,13-/m0/s1. The van der Waals surface area contributed by atoms with E-state index in [1.807, 2.05) is 0 Å². The SMILES string of the molecule is N[C@H]1C[C@H]1c1ccc2ccccc2c1. The van der Waals surface area contributed by atoms with Gasteiger partial charge in [0.25, 0.3) is 0 Å². The molecule has 0 saturated heterocycles. The molecule has 1 saturated carbocycles. The van der Waals surface area contributed by atoms with E-state index >= 15 is 0 Å². The number of hydrogen-bond donors (Lipinski definition) is 1. The van der Waals surface area contributed by atoms with Crippen molar-refractivity contribution in [2.75, 3.05) is 0 Å². The van der Waals surface area contributed by atoms with Crippen molar-refractivity contribution in [1.82, 2.24) is 0 Å². The molecule has 0 aliphatic heterocycles. The minimum atomic E-state index is 0.399. The molecular formula is C13H13N. The fourth-order valence-electron chi connectivity index (χ4n) is 2.04. The van der Waals surface area contributed by atoms with Crippen molar-refractivity contribution < 1.29 is 0 Å². The number of nitrogens with two attached hydrogens (primary N) is 1. The second kappa shape index (κ2) is 2.82. The van der Waals surface area contributed by atoms with Crippen molar-refractivity contribution >= 4 is 10.8 Å². The van der Waals surface area contributed by atoms with E-state index in [1.54, 1.807) is 0 Å². The Hall–Kier alpha value is -1.34. The van der Waals surface area contributed by atoms with Gasteiger partial charge in [-0.25, -0.2) is 0 Å². The van der Waals surface area contributed by atoms with E-state index in [2.05, 4.69) is 42.5 Å². The maximum absolute atomic E-state index is 5.84. The number of fused-ring (bicyclic) bond motifs is 1. The second-order valence-corrected chi connectivity index (χ2v) is 4.11. The highest BCUT2D eigenvalue weighted by atomic mass is 14.7. The molecule has 0 spiro atoms. The first-order chi connectivity index (χ1) is 6.84. The van der Waals surface area contributed by atoms with Gasteiger partial charge < -0.3 is 5.73 Å². The molecule has 1 nitrogen and oxygen atoms in total. The lowest BCUT2D eigenvalue weighted by Gasteiger charge is -2.01. The molecule has 1 aliphatic rings. The van der Waals surface area contributed by atoms with E-state index in [9.17, 15) is 0 Å². The zero-order chi connectivity index (χ0) is 9.54. The van der Waals surface area contributed by atoms with E-state index in [0.29, 0.717) is 12.0 Å². The Bertz CT molecular complexity index is 475. The Morgan fingerprint density at radius 3 is 2.43 bits per heavy atom. The fourth-order valence-corrected chi connectivity index (χ4v) is 2.04. The molecule has 0 unspecified atom stereocenters. The molecule has 0 bridgehead atoms. The van der Waals surface area contributed by atoms with Gasteiger partial charge in [-0.2, -0.15) is 0 Å². The van der Waals surface area contributed by atoms with E-state index in [4.69, 9.17) is 5.73 Å². The van der Waals surface area contributed by atoms with Crippen LogP contribution in [0, 0.1) is 0 Å². The maximum Gasteiger partial charge on any atom is 0.0115 e. The first-order valence-corrected chi connectivity index (χ1v) is 5.09. The summed E-state index contributed by atoms with van der Waals surface area (Å²) in [6, 6.07) is 15.5. The van der Waals surface area contributed by atoms with Gasteiger partial charge in [0.2, 0.25) is 0 Å². The summed E-state index contributed by atoms with van der Waals surface area (Å²) in [5.41, 5.74) is 7.24. The van der Waals surface area contributed by atoms with Crippen molar-refractivity contribution in [1.29, 1.82) is 0 Å². The van der Waals surface area contributed by atoms with Crippen LogP contribution in [0.1, 0.15) is 17.9 Å². The summed E-state index contributed by atoms with van der Waals surface area (Å²) in [4.78, 5) is 0. The quantitative estimate of drug-likeness (QED) is 0.722. The van der Waals surface area contributed by atoms with Crippen molar-refractivity contribution in [3.63, 3.8) is 0 Å². The molecule has 70 valence electrons. The predicted molar refractivity (Wildman–Crippen MR) is 59.3 cm³/mol. The van der Waals surface area contributed by atoms with Gasteiger partial charge in [0.05, 0.1) is 0 Å². The lowest BCUT2D eigenvalue weighted by atomic mass is 10.0. The topological polar surface area (TPSA) is 26.0 Å². The van der Waals surface area contributed by atoms with E-state index in [-0.39, 0.29) is 0 Å². The van der Waals surface area contributed by atoms with Crippen molar-refractivity contribution in [3.05, 3.63) is 48.0 Å². The fraction of sp³-hybridized carbons (Fsp3) is 0.231. The van der Waals surface area contributed by atoms with Crippen LogP contribution in [-0.2, 0) is 0 Å². The van der Waals surface area contributed by atoms with Crippen LogP contribution in [0.5, 0.6) is 0 Å². The highest BCUT2D eigenvalue weighted by Gasteiger charge is 2.34. The molecule has 0 amide bonds. The molecule has 0 aromatic heterocycles. The zero-order valence-corrected chi connectivity index (χ0v) is 7.98. The Balaban J connectivity index is 2.11. The monoisotopic (exact) mass is 183 g/mol. The van der Waals surface area contributed by atoms with Gasteiger partial charge in [0.1, 0.15) is 0 Å². The molecule has 1 fully saturated rings. The molecule has 0 heterocycles. The average Bonchev–Trinajstić information content (AvgIpc) is 2.95. The largest absolute Gasteiger partial charge is 0.327 e. The molecule has 2 N–H and O–H groups in total. The minimum Gasteiger partial charge on any atom is -0.327 e. The summed E-state index contributed by atoms with van der Waals surface area (Å²) in [6.07, 6.45) is 1.15. The number of rotatable bonds is 1. The van der Waals surface area contributed by atoms with Gasteiger partial charge in [0, 0.05) is 12.0 Å². The summed E-state index contributed by atoms with van der Waals surface area (Å²) >= 11 is 0. The molecule has 2 aromatic rings. The third-order valence-electron chi connectivity index (χ3n) is 3.04. The lowest BCUT2D eigenvalue weighted by molar-refractivity contribution is 0.992. The van der Waals surface area contributed by atoms with Crippen molar-refractivity contribution in [2.45, 2.75) is 18.4 Å². The van der Waals surface area contributed by atoms with Gasteiger partial charge in [-0.3, -0.25) is 0 Å². The lowest BCUT2D eigenvalue weighted by Crippen LogP contribution is -2.00. The van der Waals surface area contributed by atoms with Crippen LogP contribution in [0.3, 0.4) is 0 Å². The Kier molecular flexibility index (Phi) is 1.62. The molecule has 0 radical (unpaired) electrons. The summed E-state index contributed by atoms with van der Waals surface area (Å²) < 4.78 is 0. The van der Waals surface area contributed by atoms with Gasteiger partial charge in [-0.05, 0) is 22.8 Å². The Morgan fingerprint density at radius 1 is 1.00 bits per heavy atom. The van der Waals surface area contributed by atoms with E-state index < -0.39 is 0 Å². The van der Waals surface area contributed by atoms with Gasteiger partial charge in [-0.1, -0.05) is 42.5 Å². The molecule has 2 aromatic carbocycles. The Labute approximate surface area is 83.5 Å². The predicted octanol–water partition coefficient (Wildman–Crippen LogP) is 2.65. The van der Waals surface area contributed by atoms with Crippen LogP contribution in [0.4, 0.5) is 0 Å². The normalized spacial score (nSPS) is 25.2. The molecule has 3 rings (SSSR count). The van der Waals surface area contributed by atoms with E-state index in [1.165, 1.54) is 16.3 Å². The van der Waals surface area contributed by atoms with Crippen LogP contribution < -0.4 is 5.73 Å². The molecule has 14 heavy (non-hydrogen) atoms. The zero-order valence-electron chi connectivity index (χ0n) is 7.98. The van der Waals surface area contributed by atoms with Crippen LogP contribution >= 0.6 is 0 Å². The van der Waals surface area contributed by atoms with Gasteiger partial charge in [-0.15, -0.1) is 0 Å². The third kappa shape index (κ3) is 1.21. The number of hydrogen-bond acceptors (Lipinski definition) is 1. The summed E-state index contributed by atoms with van der Waals surface area (Å²) in [7, 11) is 0. The van der Waals surface area contributed by atoms with Crippen molar-refractivity contribution in [3.8, 4) is 0 Å². The molecule has 2 atom stereocenters. The van der Waals surface area contributed by atoms with Crippen LogP contribution in [0.15, 0.2) is 42.5 Å². The average molecular weight is 183 g/mol. The van der Waals surface area contributed by atoms with Gasteiger partial charge >= 0.3 is 0 Å². The van der Waals surface area contributed by atoms with Crippen LogP contribution in [-0.4, -0.2) is 6.04 Å². The first kappa shape index (κ1) is 8.01. The first-order valence-electron chi connectivity index (χ1n) is 5.09. The third-order valence-corrected chi connectivity index (χ3v) is 3.04. The van der Waals surface area contributed by atoms with E-state index in [0.717, 1.165) is 6.42 Å². The van der Waals surface area contributed by atoms with Crippen LogP contribution in [0.2, 0.25) is 0 Å².